The number of ether oxygens (including phenoxy) is 13. The summed E-state index contributed by atoms with van der Waals surface area (Å²) in [5, 5.41) is 50.2. The van der Waals surface area contributed by atoms with Gasteiger partial charge in [-0.05, 0) is 118 Å². The van der Waals surface area contributed by atoms with Crippen LogP contribution in [0.4, 0.5) is 39.5 Å². The van der Waals surface area contributed by atoms with Crippen LogP contribution in [0.1, 0.15) is 110 Å². The number of H-pyrrole nitrogens is 4. The zero-order valence-electron chi connectivity index (χ0n) is 60.3. The van der Waals surface area contributed by atoms with Crippen molar-refractivity contribution in [3.8, 4) is 0 Å². The quantitative estimate of drug-likeness (QED) is 0.0284. The lowest BCUT2D eigenvalue weighted by molar-refractivity contribution is -0.221. The van der Waals surface area contributed by atoms with Gasteiger partial charge in [0.1, 0.15) is 73.2 Å². The van der Waals surface area contributed by atoms with E-state index in [4.69, 9.17) is 117 Å². The molecule has 0 saturated carbocycles. The second kappa shape index (κ2) is 37.5. The first kappa shape index (κ1) is 94.8. The largest absolute Gasteiger partial charge is 0.491 e. The molecule has 4 unspecified atom stereocenters. The summed E-state index contributed by atoms with van der Waals surface area (Å²) in [6.45, 7) is 12.6. The van der Waals surface area contributed by atoms with Crippen molar-refractivity contribution >= 4 is 78.3 Å². The molecule has 12 heterocycles. The minimum Gasteiger partial charge on any atom is -0.394 e. The number of nitrogens with zero attached hydrogens (tertiary/aromatic N) is 5. The molecule has 8 aliphatic rings. The Hall–Kier alpha value is -6.09. The van der Waals surface area contributed by atoms with Gasteiger partial charge in [0.15, 0.2) is 67.1 Å². The molecule has 1 amide bonds. The highest BCUT2D eigenvalue weighted by atomic mass is 35.5. The van der Waals surface area contributed by atoms with Crippen LogP contribution in [0, 0.1) is 19.1 Å². The smallest absolute Gasteiger partial charge is 0.394 e. The molecule has 4 aromatic rings. The third kappa shape index (κ3) is 22.1. The van der Waals surface area contributed by atoms with E-state index in [1.807, 2.05) is 13.8 Å². The molecule has 50 heteroatoms. The molecule has 0 aliphatic carbocycles. The third-order valence-electron chi connectivity index (χ3n) is 16.8. The Balaban J connectivity index is 0.000000220. The molecule has 112 heavy (non-hydrogen) atoms. The van der Waals surface area contributed by atoms with E-state index in [1.165, 1.54) is 28.6 Å². The standard InChI is InChI=1S/C16H20F3N3O6S.C14H21N3O5S.C13H17ClN2O5S.C13H18N2O6S.C4F6O3.CH5N.CH4/c1-15(2)27-9-8(6-23)26-12(10(9)28-15)22-5-7(11(24)20-14(22)29)4-21(3)13(25)16(17,18)19;1-14(2)21-9-8(6-18)20-12(10(9)22-14)17-5-7(4-15-3)11(19)16-13(17)23;1-13(2)20-8-7(5-17)19-11(9(8)21-13)16-4-6(3-14)10(18)15-12(16)22;1-13(2)20-8-7(5-17)19-11(9(8)21-13)15-3-6(4-16)10(18)14-12(15)22;5-3(6,7)1(11)13-2(12)4(8,9)10;1-2;/h5,8-10,12,23H,4,6H2,1-3H3,(H,20,24,29);5,8-10,12,15,18H,4,6H2,1-3H3,(H,16,19,23);4,7-9,11,17H,3,5H2,1-2H3,(H,15,18,22);3,7-9,11,16-17H,4-5H2,1-2H3,(H,14,18,22);;2H2,1H3;1H4/t2*8-,9+,10?,12-;2*7-,8+,9?,11-;;;/m1111.../s1. The molecule has 12 rings (SSSR count). The molecule has 8 saturated heterocycles. The minimum absolute atomic E-state index is 0. The summed E-state index contributed by atoms with van der Waals surface area (Å²) in [4.78, 5) is 88.6. The van der Waals surface area contributed by atoms with Crippen molar-refractivity contribution in [3.05, 3.63) is 108 Å². The van der Waals surface area contributed by atoms with Crippen molar-refractivity contribution in [3.63, 3.8) is 0 Å². The van der Waals surface area contributed by atoms with Crippen molar-refractivity contribution in [2.24, 2.45) is 5.73 Å². The van der Waals surface area contributed by atoms with Crippen LogP contribution in [0.3, 0.4) is 0 Å². The highest BCUT2D eigenvalue weighted by molar-refractivity contribution is 7.71. The molecule has 8 fully saturated rings. The fraction of sp³-hybridized carbons (Fsp3) is 0.694. The number of aromatic nitrogens is 8. The van der Waals surface area contributed by atoms with E-state index in [2.05, 4.69) is 35.7 Å². The summed E-state index contributed by atoms with van der Waals surface area (Å²) in [5.41, 5.74) is 3.70. The fourth-order valence-corrected chi connectivity index (χ4v) is 13.6. The lowest BCUT2D eigenvalue weighted by Crippen LogP contribution is -2.39. The number of nitrogens with one attached hydrogen (secondary N) is 5. The van der Waals surface area contributed by atoms with Gasteiger partial charge in [-0.25, -0.2) is 9.59 Å². The Morgan fingerprint density at radius 2 is 0.732 bits per heavy atom. The Morgan fingerprint density at radius 3 is 0.991 bits per heavy atom. The number of nitrogens with two attached hydrogens (primary N) is 1. The van der Waals surface area contributed by atoms with Crippen molar-refractivity contribution in [1.82, 2.24) is 48.4 Å². The van der Waals surface area contributed by atoms with E-state index >= 15 is 0 Å². The van der Waals surface area contributed by atoms with Gasteiger partial charge in [0.25, 0.3) is 22.2 Å². The average Bonchev–Trinajstić information content (AvgIpc) is 1.61. The molecular weight excluding hydrogens is 1630 g/mol. The van der Waals surface area contributed by atoms with Gasteiger partial charge >= 0.3 is 36.4 Å². The number of alkyl halides is 10. The molecule has 0 bridgehead atoms. The lowest BCUT2D eigenvalue weighted by Gasteiger charge is -2.25. The van der Waals surface area contributed by atoms with Crippen LogP contribution in [0.15, 0.2) is 44.0 Å². The molecule has 8 aliphatic heterocycles. The number of esters is 2. The van der Waals surface area contributed by atoms with Crippen molar-refractivity contribution in [1.29, 1.82) is 0 Å². The van der Waals surface area contributed by atoms with Gasteiger partial charge in [-0.2, -0.15) is 39.5 Å². The number of hydrogen-bond acceptors (Lipinski definition) is 31. The van der Waals surface area contributed by atoms with Crippen molar-refractivity contribution in [2.75, 3.05) is 47.6 Å². The van der Waals surface area contributed by atoms with Gasteiger partial charge in [-0.3, -0.25) is 62.2 Å². The van der Waals surface area contributed by atoms with Crippen molar-refractivity contribution < 1.29 is 141 Å². The number of aliphatic hydroxyl groups is 5. The second-order valence-corrected chi connectivity index (χ2v) is 28.5. The normalized spacial score (nSPS) is 28.5. The zero-order valence-corrected chi connectivity index (χ0v) is 64.4. The monoisotopic (exact) mass is 1720 g/mol. The summed E-state index contributed by atoms with van der Waals surface area (Å²) >= 11 is 26.6. The molecule has 4 aromatic heterocycles. The first-order valence-electron chi connectivity index (χ1n) is 32.9. The van der Waals surface area contributed by atoms with Gasteiger partial charge in [0, 0.05) is 49.5 Å². The Kier molecular flexibility index (Phi) is 31.7. The van der Waals surface area contributed by atoms with Crippen LogP contribution in [-0.4, -0.2) is 249 Å². The van der Waals surface area contributed by atoms with Crippen LogP contribution >= 0.6 is 60.5 Å². The highest BCUT2D eigenvalue weighted by Gasteiger charge is 2.60. The fourth-order valence-electron chi connectivity index (χ4n) is 12.4. The van der Waals surface area contributed by atoms with E-state index < -0.39 is 176 Å². The van der Waals surface area contributed by atoms with Crippen LogP contribution in [0.5, 0.6) is 0 Å². The summed E-state index contributed by atoms with van der Waals surface area (Å²) < 4.78 is 184. The zero-order chi connectivity index (χ0) is 83.5. The summed E-state index contributed by atoms with van der Waals surface area (Å²) in [5.74, 6) is -11.7. The summed E-state index contributed by atoms with van der Waals surface area (Å²) in [6.07, 6.45) is -19.3. The number of rotatable bonds is 14. The molecule has 632 valence electrons. The molecule has 12 N–H and O–H groups in total. The first-order valence-corrected chi connectivity index (χ1v) is 35.1. The van der Waals surface area contributed by atoms with Gasteiger partial charge in [-0.15, -0.1) is 11.6 Å². The third-order valence-corrected chi connectivity index (χ3v) is 18.3. The average molecular weight is 1720 g/mol. The molecule has 0 radical (unpaired) electrons. The maximum Gasteiger partial charge on any atom is 0.491 e. The van der Waals surface area contributed by atoms with Gasteiger partial charge in [-0.1, -0.05) is 7.43 Å². The molecule has 0 aromatic carbocycles. The summed E-state index contributed by atoms with van der Waals surface area (Å²) in [7, 11) is 4.19. The molecule has 16 atom stereocenters. The summed E-state index contributed by atoms with van der Waals surface area (Å²) in [6, 6.07) is 0. The van der Waals surface area contributed by atoms with Gasteiger partial charge in [0.05, 0.1) is 56.6 Å². The number of amides is 1. The van der Waals surface area contributed by atoms with Gasteiger partial charge in [0.2, 0.25) is 0 Å². The second-order valence-electron chi connectivity index (χ2n) is 26.7. The maximum absolute atomic E-state index is 12.6. The predicted molar refractivity (Wildman–Crippen MR) is 374 cm³/mol. The Labute approximate surface area is 653 Å². The van der Waals surface area contributed by atoms with E-state index in [0.717, 1.165) is 7.05 Å². The maximum atomic E-state index is 12.6. The van der Waals surface area contributed by atoms with Crippen LogP contribution < -0.4 is 33.3 Å². The lowest BCUT2D eigenvalue weighted by atomic mass is 10.1. The van der Waals surface area contributed by atoms with Crippen LogP contribution in [-0.2, 0) is 102 Å². The molecular formula is C62H85ClF9N11O25S4. The first-order chi connectivity index (χ1) is 51.5. The number of aliphatic hydroxyl groups excluding tert-OH is 5. The van der Waals surface area contributed by atoms with E-state index in [0.29, 0.717) is 22.6 Å². The number of halogens is 10. The van der Waals surface area contributed by atoms with Crippen LogP contribution in [0.2, 0.25) is 0 Å². The van der Waals surface area contributed by atoms with E-state index in [9.17, 15) is 98.6 Å². The van der Waals surface area contributed by atoms with Crippen LogP contribution in [0.25, 0.3) is 0 Å². The van der Waals surface area contributed by atoms with E-state index in [-0.39, 0.29) is 87.2 Å². The number of aromatic amines is 4. The number of carbonyl (C=O) groups is 3. The number of fused-ring (bicyclic) bond motifs is 4. The molecule has 36 nitrogen and oxygen atoms in total. The topological polar surface area (TPSA) is 465 Å². The minimum atomic E-state index is -5.62. The highest BCUT2D eigenvalue weighted by Crippen LogP contribution is 2.47. The van der Waals surface area contributed by atoms with E-state index in [1.54, 1.807) is 70.1 Å². The van der Waals surface area contributed by atoms with Crippen molar-refractivity contribution in [2.45, 2.75) is 228 Å². The predicted octanol–water partition coefficient (Wildman–Crippen LogP) is 3.13. The molecule has 0 spiro atoms. The number of hydrogen-bond donors (Lipinski definition) is 11. The Bertz CT molecular complexity index is 4340. The number of carbonyl (C=O) groups excluding carboxylic acids is 3. The Morgan fingerprint density at radius 1 is 0.482 bits per heavy atom. The van der Waals surface area contributed by atoms with Gasteiger partial charge < -0.3 is 103 Å². The SMILES string of the molecule is C.CC1(C)OC2[C@@H](O1)[C@@H](CO)O[C@H]2n1cc(CCl)c(=O)[nH]c1=S.CC1(C)OC2[C@@H](O1)[C@@H](CO)O[C@H]2n1cc(CO)c(=O)[nH]c1=S.CN.CN(Cc1cn([C@@H]2O[C@H](CO)[C@@H]3OC(C)(C)OC32)c(=S)[nH]c1=O)C(=O)C(F)(F)F.CNCc1cn([C@@H]2O[C@H](CO)[C@@H]3OC(C)(C)OC32)c(=S)[nH]c1=O.O=C(OC(=O)C(F)(F)F)C(F)(F)F.